The van der Waals surface area contributed by atoms with E-state index in [-0.39, 0.29) is 5.56 Å². The van der Waals surface area contributed by atoms with Crippen LogP contribution >= 0.6 is 0 Å². The quantitative estimate of drug-likeness (QED) is 0.759. The van der Waals surface area contributed by atoms with Crippen molar-refractivity contribution in [2.45, 2.75) is 0 Å². The third kappa shape index (κ3) is 2.73. The van der Waals surface area contributed by atoms with Crippen molar-refractivity contribution in [2.75, 3.05) is 12.3 Å². The second-order valence-corrected chi connectivity index (χ2v) is 7.22. The van der Waals surface area contributed by atoms with E-state index in [2.05, 4.69) is 0 Å². The van der Waals surface area contributed by atoms with Crippen molar-refractivity contribution in [3.63, 3.8) is 0 Å². The molecule has 7 heteroatoms. The molecule has 0 aromatic heterocycles. The van der Waals surface area contributed by atoms with Crippen LogP contribution in [-0.2, 0) is 19.7 Å². The third-order valence-electron chi connectivity index (χ3n) is 1.77. The molecule has 90 valence electrons. The van der Waals surface area contributed by atoms with Crippen LogP contribution < -0.4 is 0 Å². The van der Waals surface area contributed by atoms with Gasteiger partial charge in [0.1, 0.15) is 9.84 Å². The minimum atomic E-state index is -4.41. The van der Waals surface area contributed by atoms with Gasteiger partial charge in [-0.3, -0.25) is 0 Å². The van der Waals surface area contributed by atoms with Crippen LogP contribution in [0.1, 0.15) is 5.56 Å². The smallest absolute Gasteiger partial charge is 0.185 e. The van der Waals surface area contributed by atoms with E-state index in [0.29, 0.717) is 0 Å². The summed E-state index contributed by atoms with van der Waals surface area (Å²) in [6.07, 6.45) is 0.739. The zero-order chi connectivity index (χ0) is 12.4. The first kappa shape index (κ1) is 13.0. The van der Waals surface area contributed by atoms with Gasteiger partial charge in [0.05, 0.1) is 4.58 Å². The normalized spacial score (nSPS) is 12.4. The Morgan fingerprint density at radius 2 is 1.62 bits per heavy atom. The van der Waals surface area contributed by atoms with Crippen LogP contribution in [0, 0.1) is 4.58 Å². The molecule has 4 nitrogen and oxygen atoms in total. The Hall–Kier alpha value is -1.08. The van der Waals surface area contributed by atoms with Gasteiger partial charge in [0.2, 0.25) is 0 Å². The van der Waals surface area contributed by atoms with Crippen LogP contribution in [0.15, 0.2) is 30.3 Å². The van der Waals surface area contributed by atoms with Crippen LogP contribution in [-0.4, -0.2) is 29.1 Å². The molecule has 0 radical (unpaired) electrons. The van der Waals surface area contributed by atoms with Crippen molar-refractivity contribution >= 4 is 19.7 Å². The van der Waals surface area contributed by atoms with Gasteiger partial charge in [-0.25, -0.2) is 21.2 Å². The third-order valence-corrected chi connectivity index (χ3v) is 5.44. The molecule has 0 spiro atoms. The molecule has 0 aliphatic heterocycles. The lowest BCUT2D eigenvalue weighted by Gasteiger charge is -2.21. The standard InChI is InChI=1S/C9H10FO4S2/c1-15(11,12)9(16(13,14)7-10)8-5-3-2-4-6-8/h2-6H,7H2,1H3/q-1. The van der Waals surface area contributed by atoms with Crippen LogP contribution in [0.5, 0.6) is 0 Å². The lowest BCUT2D eigenvalue weighted by molar-refractivity contribution is 0.537. The van der Waals surface area contributed by atoms with Gasteiger partial charge < -0.3 is 0 Å². The summed E-state index contributed by atoms with van der Waals surface area (Å²) in [4.78, 5) is 0. The second kappa shape index (κ2) is 4.42. The number of halogens is 1. The first-order valence-corrected chi connectivity index (χ1v) is 7.74. The van der Waals surface area contributed by atoms with Gasteiger partial charge >= 0.3 is 0 Å². The molecule has 0 amide bonds. The molecule has 0 fully saturated rings. The zero-order valence-corrected chi connectivity index (χ0v) is 10.1. The average Bonchev–Trinajstić information content (AvgIpc) is 2.17. The summed E-state index contributed by atoms with van der Waals surface area (Å²) in [5, 5.41) is 0. The molecule has 0 saturated heterocycles. The lowest BCUT2D eigenvalue weighted by atomic mass is 10.2. The maximum atomic E-state index is 12.4. The summed E-state index contributed by atoms with van der Waals surface area (Å²) < 4.78 is 56.9. The van der Waals surface area contributed by atoms with E-state index in [4.69, 9.17) is 0 Å². The number of alkyl halides is 1. The number of hydrogen-bond donors (Lipinski definition) is 0. The molecule has 1 aromatic rings. The molecule has 0 bridgehead atoms. The van der Waals surface area contributed by atoms with Crippen LogP contribution in [0.25, 0.3) is 0 Å². The maximum Gasteiger partial charge on any atom is 0.185 e. The van der Waals surface area contributed by atoms with E-state index in [1.807, 2.05) is 0 Å². The van der Waals surface area contributed by atoms with Crippen LogP contribution in [0.2, 0.25) is 0 Å². The second-order valence-electron chi connectivity index (χ2n) is 3.15. The molecule has 0 atom stereocenters. The van der Waals surface area contributed by atoms with Crippen LogP contribution in [0.4, 0.5) is 4.39 Å². The molecule has 0 heterocycles. The highest BCUT2D eigenvalue weighted by atomic mass is 32.3. The van der Waals surface area contributed by atoms with Gasteiger partial charge in [0.25, 0.3) is 0 Å². The van der Waals surface area contributed by atoms with Crippen molar-refractivity contribution in [3.8, 4) is 0 Å². The van der Waals surface area contributed by atoms with Gasteiger partial charge in [-0.05, 0) is 0 Å². The van der Waals surface area contributed by atoms with E-state index in [1.54, 1.807) is 6.07 Å². The predicted octanol–water partition coefficient (Wildman–Crippen LogP) is 0.911. The highest BCUT2D eigenvalue weighted by molar-refractivity contribution is 8.12. The van der Waals surface area contributed by atoms with Gasteiger partial charge in [0, 0.05) is 6.26 Å². The van der Waals surface area contributed by atoms with Crippen molar-refractivity contribution in [1.29, 1.82) is 0 Å². The Kier molecular flexibility index (Phi) is 3.59. The Bertz CT molecular complexity index is 548. The molecular formula is C9H10FO4S2-. The average molecular weight is 265 g/mol. The molecule has 0 unspecified atom stereocenters. The van der Waals surface area contributed by atoms with Gasteiger partial charge in [0.15, 0.2) is 15.8 Å². The first-order valence-electron chi connectivity index (χ1n) is 4.20. The van der Waals surface area contributed by atoms with E-state index in [0.717, 1.165) is 6.26 Å². The number of rotatable bonds is 4. The molecule has 1 aromatic carbocycles. The van der Waals surface area contributed by atoms with Gasteiger partial charge in [-0.15, -0.1) is 12.1 Å². The van der Waals surface area contributed by atoms with E-state index >= 15 is 0 Å². The van der Waals surface area contributed by atoms with E-state index in [1.165, 1.54) is 24.3 Å². The molecule has 0 N–H and O–H groups in total. The monoisotopic (exact) mass is 265 g/mol. The largest absolute Gasteiger partial charge is 0.236 e. The van der Waals surface area contributed by atoms with Gasteiger partial charge in [-0.2, -0.15) is 17.7 Å². The maximum absolute atomic E-state index is 12.4. The SMILES string of the molecule is CS(=O)(=O)[C-](c1ccccc1)S(=O)(=O)CF. The Labute approximate surface area is 93.9 Å². The minimum absolute atomic E-state index is 0.0253. The Balaban J connectivity index is 3.41. The van der Waals surface area contributed by atoms with Crippen molar-refractivity contribution < 1.29 is 21.2 Å². The molecule has 0 aliphatic rings. The number of sulfone groups is 2. The highest BCUT2D eigenvalue weighted by Gasteiger charge is 2.29. The van der Waals surface area contributed by atoms with E-state index < -0.39 is 30.3 Å². The fourth-order valence-corrected chi connectivity index (χ4v) is 4.39. The van der Waals surface area contributed by atoms with Crippen molar-refractivity contribution in [3.05, 3.63) is 40.5 Å². The summed E-state index contributed by atoms with van der Waals surface area (Å²) in [6.45, 7) is 0. The fourth-order valence-electron chi connectivity index (χ4n) is 1.25. The number of hydrogen-bond acceptors (Lipinski definition) is 4. The first-order chi connectivity index (χ1) is 7.29. The Morgan fingerprint density at radius 3 is 2.00 bits per heavy atom. The summed E-state index contributed by atoms with van der Waals surface area (Å²) in [6, 6.07) is 5.45. The van der Waals surface area contributed by atoms with Crippen molar-refractivity contribution in [1.82, 2.24) is 0 Å². The predicted molar refractivity (Wildman–Crippen MR) is 58.5 cm³/mol. The van der Waals surface area contributed by atoms with E-state index in [9.17, 15) is 21.2 Å². The summed E-state index contributed by atoms with van der Waals surface area (Å²) in [5.41, 5.74) is -0.0253. The highest BCUT2D eigenvalue weighted by Crippen LogP contribution is 2.27. The number of benzene rings is 1. The summed E-state index contributed by atoms with van der Waals surface area (Å²) in [7, 11) is -8.41. The lowest BCUT2D eigenvalue weighted by Crippen LogP contribution is -2.23. The molecule has 0 saturated carbocycles. The van der Waals surface area contributed by atoms with Crippen molar-refractivity contribution in [2.24, 2.45) is 0 Å². The zero-order valence-electron chi connectivity index (χ0n) is 8.42. The van der Waals surface area contributed by atoms with Gasteiger partial charge in [-0.1, -0.05) is 6.07 Å². The molecule has 16 heavy (non-hydrogen) atoms. The fraction of sp³-hybridized carbons (Fsp3) is 0.222. The summed E-state index contributed by atoms with van der Waals surface area (Å²) in [5.74, 6) is 0. The summed E-state index contributed by atoms with van der Waals surface area (Å²) >= 11 is 0. The minimum Gasteiger partial charge on any atom is -0.236 e. The molecule has 0 aliphatic carbocycles. The Morgan fingerprint density at radius 1 is 1.12 bits per heavy atom. The topological polar surface area (TPSA) is 68.3 Å². The molecule has 1 rings (SSSR count). The molecular weight excluding hydrogens is 255 g/mol. The van der Waals surface area contributed by atoms with Crippen LogP contribution in [0.3, 0.4) is 0 Å².